The molecule has 2 rings (SSSR count). The summed E-state index contributed by atoms with van der Waals surface area (Å²) in [6, 6.07) is 8.78. The molecule has 0 radical (unpaired) electrons. The second kappa shape index (κ2) is 6.44. The number of nitriles is 1. The Balaban J connectivity index is 1.95. The van der Waals surface area contributed by atoms with Crippen molar-refractivity contribution in [3.63, 3.8) is 0 Å². The van der Waals surface area contributed by atoms with Crippen LogP contribution in [0.3, 0.4) is 0 Å². The van der Waals surface area contributed by atoms with E-state index in [1.165, 1.54) is 0 Å². The Morgan fingerprint density at radius 2 is 2.11 bits per heavy atom. The minimum absolute atomic E-state index is 0.0311. The van der Waals surface area contributed by atoms with Crippen molar-refractivity contribution in [2.45, 2.75) is 25.3 Å². The number of carbonyl (C=O) groups excluding carboxylic acids is 1. The average Bonchev–Trinajstić information content (AvgIpc) is 2.94. The minimum Gasteiger partial charge on any atom is -0.368 e. The molecule has 0 aromatic heterocycles. The molecule has 1 atom stereocenters. The summed E-state index contributed by atoms with van der Waals surface area (Å²) in [5.74, 6) is 0.0311. The van der Waals surface area contributed by atoms with Gasteiger partial charge in [-0.05, 0) is 25.0 Å². The van der Waals surface area contributed by atoms with Gasteiger partial charge < -0.3 is 10.2 Å². The molecule has 0 aliphatic carbocycles. The summed E-state index contributed by atoms with van der Waals surface area (Å²) in [5, 5.41) is 12.7. The first-order chi connectivity index (χ1) is 9.20. The Morgan fingerprint density at radius 3 is 2.74 bits per heavy atom. The van der Waals surface area contributed by atoms with Crippen molar-refractivity contribution < 1.29 is 4.79 Å². The molecule has 4 nitrogen and oxygen atoms in total. The summed E-state index contributed by atoms with van der Waals surface area (Å²) in [6.45, 7) is 1.62. The number of benzene rings is 1. The van der Waals surface area contributed by atoms with Crippen molar-refractivity contribution in [3.05, 3.63) is 29.3 Å². The Labute approximate surface area is 118 Å². The van der Waals surface area contributed by atoms with Crippen LogP contribution in [0.25, 0.3) is 0 Å². The second-order valence-electron chi connectivity index (χ2n) is 4.60. The van der Waals surface area contributed by atoms with Gasteiger partial charge in [-0.3, -0.25) is 4.79 Å². The lowest BCUT2D eigenvalue weighted by molar-refractivity contribution is -0.130. The molecule has 0 spiro atoms. The third kappa shape index (κ3) is 3.62. The van der Waals surface area contributed by atoms with E-state index in [1.54, 1.807) is 12.1 Å². The zero-order valence-corrected chi connectivity index (χ0v) is 11.4. The largest absolute Gasteiger partial charge is 0.368 e. The van der Waals surface area contributed by atoms with Crippen LogP contribution >= 0.6 is 11.6 Å². The number of carbonyl (C=O) groups is 1. The molecule has 1 aliphatic heterocycles. The summed E-state index contributed by atoms with van der Waals surface area (Å²) < 4.78 is 0. The van der Waals surface area contributed by atoms with E-state index in [-0.39, 0.29) is 12.3 Å². The predicted molar refractivity (Wildman–Crippen MR) is 74.9 cm³/mol. The van der Waals surface area contributed by atoms with Crippen LogP contribution in [-0.4, -0.2) is 29.9 Å². The van der Waals surface area contributed by atoms with Crippen LogP contribution in [0, 0.1) is 11.3 Å². The fourth-order valence-electron chi connectivity index (χ4n) is 2.17. The number of para-hydroxylation sites is 1. The summed E-state index contributed by atoms with van der Waals surface area (Å²) >= 11 is 6.02. The molecule has 1 amide bonds. The number of nitrogens with one attached hydrogen (secondary N) is 1. The quantitative estimate of drug-likeness (QED) is 0.920. The summed E-state index contributed by atoms with van der Waals surface area (Å²) in [4.78, 5) is 13.8. The Kier molecular flexibility index (Phi) is 4.64. The van der Waals surface area contributed by atoms with Crippen LogP contribution in [0.15, 0.2) is 24.3 Å². The molecule has 19 heavy (non-hydrogen) atoms. The van der Waals surface area contributed by atoms with Gasteiger partial charge in [0.2, 0.25) is 5.91 Å². The van der Waals surface area contributed by atoms with Crippen LogP contribution in [0.1, 0.15) is 19.3 Å². The smallest absolute Gasteiger partial charge is 0.225 e. The van der Waals surface area contributed by atoms with Crippen molar-refractivity contribution in [2.75, 3.05) is 18.4 Å². The Morgan fingerprint density at radius 1 is 1.42 bits per heavy atom. The van der Waals surface area contributed by atoms with E-state index in [9.17, 15) is 4.79 Å². The SMILES string of the molecule is N#CC(CC(=O)N1CCCC1)Nc1ccccc1Cl. The highest BCUT2D eigenvalue weighted by atomic mass is 35.5. The highest BCUT2D eigenvalue weighted by Gasteiger charge is 2.21. The minimum atomic E-state index is -0.548. The van der Waals surface area contributed by atoms with E-state index in [2.05, 4.69) is 11.4 Å². The molecular formula is C14H16ClN3O. The molecule has 5 heteroatoms. The first kappa shape index (κ1) is 13.7. The predicted octanol–water partition coefficient (Wildman–Crippen LogP) is 2.66. The number of likely N-dealkylation sites (tertiary alicyclic amines) is 1. The van der Waals surface area contributed by atoms with E-state index in [0.717, 1.165) is 25.9 Å². The molecule has 1 heterocycles. The summed E-state index contributed by atoms with van der Waals surface area (Å²) in [5.41, 5.74) is 0.685. The number of amides is 1. The van der Waals surface area contributed by atoms with Gasteiger partial charge in [-0.1, -0.05) is 23.7 Å². The van der Waals surface area contributed by atoms with Crippen LogP contribution in [-0.2, 0) is 4.79 Å². The average molecular weight is 278 g/mol. The summed E-state index contributed by atoms with van der Waals surface area (Å²) in [7, 11) is 0. The van der Waals surface area contributed by atoms with E-state index in [4.69, 9.17) is 16.9 Å². The Bertz CT molecular complexity index is 492. The van der Waals surface area contributed by atoms with Crippen LogP contribution < -0.4 is 5.32 Å². The van der Waals surface area contributed by atoms with Gasteiger partial charge in [-0.2, -0.15) is 5.26 Å². The molecule has 1 aromatic carbocycles. The number of hydrogen-bond acceptors (Lipinski definition) is 3. The normalized spacial score (nSPS) is 15.9. The third-order valence-corrected chi connectivity index (χ3v) is 3.53. The second-order valence-corrected chi connectivity index (χ2v) is 5.01. The highest BCUT2D eigenvalue weighted by molar-refractivity contribution is 6.33. The fourth-order valence-corrected chi connectivity index (χ4v) is 2.36. The lowest BCUT2D eigenvalue weighted by Gasteiger charge is -2.18. The molecule has 1 saturated heterocycles. The monoisotopic (exact) mass is 277 g/mol. The van der Waals surface area contributed by atoms with Crippen molar-refractivity contribution in [2.24, 2.45) is 0 Å². The first-order valence-corrected chi connectivity index (χ1v) is 6.77. The molecule has 100 valence electrons. The molecular weight excluding hydrogens is 262 g/mol. The number of nitrogens with zero attached hydrogens (tertiary/aromatic N) is 2. The van der Waals surface area contributed by atoms with Crippen LogP contribution in [0.2, 0.25) is 5.02 Å². The molecule has 1 unspecified atom stereocenters. The highest BCUT2D eigenvalue weighted by Crippen LogP contribution is 2.22. The number of anilines is 1. The lowest BCUT2D eigenvalue weighted by Crippen LogP contribution is -2.32. The topological polar surface area (TPSA) is 56.1 Å². The summed E-state index contributed by atoms with van der Waals surface area (Å²) in [6.07, 6.45) is 2.30. The third-order valence-electron chi connectivity index (χ3n) is 3.20. The van der Waals surface area contributed by atoms with Gasteiger partial charge >= 0.3 is 0 Å². The first-order valence-electron chi connectivity index (χ1n) is 6.39. The van der Waals surface area contributed by atoms with Gasteiger partial charge in [0, 0.05) is 13.1 Å². The van der Waals surface area contributed by atoms with Crippen molar-refractivity contribution in [1.29, 1.82) is 5.26 Å². The van der Waals surface area contributed by atoms with Crippen molar-refractivity contribution >= 4 is 23.2 Å². The molecule has 1 aliphatic rings. The Hall–Kier alpha value is -1.73. The van der Waals surface area contributed by atoms with Crippen LogP contribution in [0.4, 0.5) is 5.69 Å². The molecule has 0 bridgehead atoms. The van der Waals surface area contributed by atoms with Crippen molar-refractivity contribution in [1.82, 2.24) is 4.90 Å². The van der Waals surface area contributed by atoms with Gasteiger partial charge in [-0.25, -0.2) is 0 Å². The van der Waals surface area contributed by atoms with Gasteiger partial charge in [0.15, 0.2) is 0 Å². The van der Waals surface area contributed by atoms with E-state index < -0.39 is 6.04 Å². The van der Waals surface area contributed by atoms with E-state index in [0.29, 0.717) is 10.7 Å². The van der Waals surface area contributed by atoms with Crippen LogP contribution in [0.5, 0.6) is 0 Å². The van der Waals surface area contributed by atoms with Gasteiger partial charge in [0.05, 0.1) is 23.2 Å². The number of hydrogen-bond donors (Lipinski definition) is 1. The van der Waals surface area contributed by atoms with Gasteiger partial charge in [0.1, 0.15) is 6.04 Å². The maximum atomic E-state index is 12.0. The van der Waals surface area contributed by atoms with Gasteiger partial charge in [0.25, 0.3) is 0 Å². The molecule has 0 saturated carbocycles. The number of halogens is 1. The van der Waals surface area contributed by atoms with Gasteiger partial charge in [-0.15, -0.1) is 0 Å². The molecule has 1 aromatic rings. The zero-order chi connectivity index (χ0) is 13.7. The number of rotatable bonds is 4. The lowest BCUT2D eigenvalue weighted by atomic mass is 10.2. The fraction of sp³-hybridized carbons (Fsp3) is 0.429. The maximum Gasteiger partial charge on any atom is 0.225 e. The zero-order valence-electron chi connectivity index (χ0n) is 10.6. The standard InChI is InChI=1S/C14H16ClN3O/c15-12-5-1-2-6-13(12)17-11(10-16)9-14(19)18-7-3-4-8-18/h1-2,5-6,11,17H,3-4,7-9H2. The van der Waals surface area contributed by atoms with E-state index >= 15 is 0 Å². The molecule has 1 fully saturated rings. The molecule has 1 N–H and O–H groups in total. The van der Waals surface area contributed by atoms with Crippen molar-refractivity contribution in [3.8, 4) is 6.07 Å². The van der Waals surface area contributed by atoms with E-state index in [1.807, 2.05) is 17.0 Å². The maximum absolute atomic E-state index is 12.0.